The molecule has 2 saturated heterocycles. The first-order chi connectivity index (χ1) is 12.0. The van der Waals surface area contributed by atoms with Gasteiger partial charge >= 0.3 is 0 Å². The molecule has 1 aromatic carbocycles. The Balaban J connectivity index is 1.49. The average Bonchev–Trinajstić information content (AvgIpc) is 2.87. The number of carbonyl (C=O) groups excluding carboxylic acids is 1. The molecular weight excluding hydrogens is 334 g/mol. The van der Waals surface area contributed by atoms with E-state index in [9.17, 15) is 4.79 Å². The maximum absolute atomic E-state index is 12.5. The van der Waals surface area contributed by atoms with Crippen LogP contribution in [-0.2, 0) is 11.3 Å². The maximum Gasteiger partial charge on any atom is 0.223 e. The summed E-state index contributed by atoms with van der Waals surface area (Å²) in [6.07, 6.45) is 4.25. The summed E-state index contributed by atoms with van der Waals surface area (Å²) >= 11 is 5.95. The van der Waals surface area contributed by atoms with E-state index < -0.39 is 0 Å². The Labute approximate surface area is 156 Å². The fraction of sp³-hybridized carbons (Fsp3) is 0.650. The molecule has 1 amide bonds. The van der Waals surface area contributed by atoms with Gasteiger partial charge in [-0.2, -0.15) is 0 Å². The number of piperidine rings is 1. The molecule has 1 aromatic rings. The summed E-state index contributed by atoms with van der Waals surface area (Å²) in [5, 5.41) is 0.745. The van der Waals surface area contributed by atoms with Crippen molar-refractivity contribution in [2.45, 2.75) is 32.2 Å². The summed E-state index contributed by atoms with van der Waals surface area (Å²) in [5.74, 6) is 0.316. The largest absolute Gasteiger partial charge is 0.338 e. The quantitative estimate of drug-likeness (QED) is 0.777. The lowest BCUT2D eigenvalue weighted by Gasteiger charge is -2.39. The minimum Gasteiger partial charge on any atom is -0.338 e. The first kappa shape index (κ1) is 18.7. The van der Waals surface area contributed by atoms with Crippen LogP contribution in [0.5, 0.6) is 0 Å². The first-order valence-corrected chi connectivity index (χ1v) is 9.73. The summed E-state index contributed by atoms with van der Waals surface area (Å²) in [6.45, 7) is 6.22. The van der Waals surface area contributed by atoms with E-state index in [1.807, 2.05) is 29.2 Å². The number of halogens is 1. The van der Waals surface area contributed by atoms with E-state index in [1.165, 1.54) is 13.0 Å². The Kier molecular flexibility index (Phi) is 6.03. The molecule has 2 aliphatic heterocycles. The second-order valence-electron chi connectivity index (χ2n) is 8.05. The lowest BCUT2D eigenvalue weighted by molar-refractivity contribution is -0.128. The van der Waals surface area contributed by atoms with Crippen molar-refractivity contribution in [2.75, 3.05) is 46.8 Å². The van der Waals surface area contributed by atoms with Crippen LogP contribution >= 0.6 is 11.6 Å². The first-order valence-electron chi connectivity index (χ1n) is 9.35. The van der Waals surface area contributed by atoms with Crippen molar-refractivity contribution < 1.29 is 4.79 Å². The lowest BCUT2D eigenvalue weighted by Crippen LogP contribution is -2.42. The second kappa shape index (κ2) is 8.07. The van der Waals surface area contributed by atoms with Crippen LogP contribution in [0.1, 0.15) is 31.2 Å². The van der Waals surface area contributed by atoms with E-state index in [2.05, 4.69) is 23.9 Å². The molecule has 0 radical (unpaired) electrons. The van der Waals surface area contributed by atoms with Gasteiger partial charge < -0.3 is 14.7 Å². The van der Waals surface area contributed by atoms with E-state index in [1.54, 1.807) is 0 Å². The van der Waals surface area contributed by atoms with Crippen molar-refractivity contribution in [3.05, 3.63) is 34.9 Å². The normalized spacial score (nSPS) is 20.8. The van der Waals surface area contributed by atoms with Gasteiger partial charge in [0.25, 0.3) is 0 Å². The SMILES string of the molecule is CN(C)CCCN1CCC2(CC1)CC(=O)N(Cc1ccc(Cl)cc1)C2. The molecule has 0 N–H and O–H groups in total. The zero-order chi connectivity index (χ0) is 17.9. The third-order valence-electron chi connectivity index (χ3n) is 5.69. The van der Waals surface area contributed by atoms with Gasteiger partial charge in [0.1, 0.15) is 0 Å². The van der Waals surface area contributed by atoms with E-state index in [4.69, 9.17) is 11.6 Å². The molecule has 0 aromatic heterocycles. The molecule has 0 saturated carbocycles. The highest BCUT2D eigenvalue weighted by Crippen LogP contribution is 2.41. The molecule has 1 spiro atoms. The Morgan fingerprint density at radius 3 is 2.48 bits per heavy atom. The van der Waals surface area contributed by atoms with Crippen molar-refractivity contribution in [3.8, 4) is 0 Å². The molecule has 0 unspecified atom stereocenters. The van der Waals surface area contributed by atoms with Crippen LogP contribution in [0.15, 0.2) is 24.3 Å². The van der Waals surface area contributed by atoms with Crippen molar-refractivity contribution >= 4 is 17.5 Å². The Morgan fingerprint density at radius 2 is 1.84 bits per heavy atom. The fourth-order valence-corrected chi connectivity index (χ4v) is 4.26. The van der Waals surface area contributed by atoms with Gasteiger partial charge in [-0.1, -0.05) is 23.7 Å². The fourth-order valence-electron chi connectivity index (χ4n) is 4.13. The van der Waals surface area contributed by atoms with Crippen LogP contribution in [-0.4, -0.2) is 67.4 Å². The highest BCUT2D eigenvalue weighted by Gasteiger charge is 2.44. The van der Waals surface area contributed by atoms with E-state index in [0.29, 0.717) is 12.5 Å². The Bertz CT molecular complexity index is 579. The molecule has 4 nitrogen and oxygen atoms in total. The highest BCUT2D eigenvalue weighted by atomic mass is 35.5. The number of benzene rings is 1. The van der Waals surface area contributed by atoms with Gasteiger partial charge in [-0.05, 0) is 82.6 Å². The summed E-state index contributed by atoms with van der Waals surface area (Å²) < 4.78 is 0. The van der Waals surface area contributed by atoms with E-state index in [0.717, 1.165) is 56.0 Å². The van der Waals surface area contributed by atoms with Gasteiger partial charge in [-0.25, -0.2) is 0 Å². The molecule has 25 heavy (non-hydrogen) atoms. The molecule has 3 rings (SSSR count). The molecule has 0 bridgehead atoms. The zero-order valence-corrected chi connectivity index (χ0v) is 16.3. The van der Waals surface area contributed by atoms with Crippen molar-refractivity contribution in [1.29, 1.82) is 0 Å². The monoisotopic (exact) mass is 363 g/mol. The predicted octanol–water partition coefficient (Wildman–Crippen LogP) is 3.11. The van der Waals surface area contributed by atoms with Crippen molar-refractivity contribution in [3.63, 3.8) is 0 Å². The average molecular weight is 364 g/mol. The van der Waals surface area contributed by atoms with E-state index >= 15 is 0 Å². The molecule has 2 heterocycles. The molecular formula is C20H30ClN3O. The number of hydrogen-bond donors (Lipinski definition) is 0. The van der Waals surface area contributed by atoms with Crippen LogP contribution in [0, 0.1) is 5.41 Å². The smallest absolute Gasteiger partial charge is 0.223 e. The third kappa shape index (κ3) is 4.96. The Hall–Kier alpha value is -1.10. The number of rotatable bonds is 6. The van der Waals surface area contributed by atoms with E-state index in [-0.39, 0.29) is 5.41 Å². The molecule has 0 atom stereocenters. The van der Waals surface area contributed by atoms with Crippen LogP contribution in [0.3, 0.4) is 0 Å². The summed E-state index contributed by atoms with van der Waals surface area (Å²) in [6, 6.07) is 7.85. The molecule has 2 aliphatic rings. The van der Waals surface area contributed by atoms with Gasteiger partial charge in [0, 0.05) is 24.5 Å². The molecule has 2 fully saturated rings. The van der Waals surface area contributed by atoms with Gasteiger partial charge in [0.05, 0.1) is 0 Å². The van der Waals surface area contributed by atoms with Gasteiger partial charge in [0.2, 0.25) is 5.91 Å². The topological polar surface area (TPSA) is 26.8 Å². The molecule has 5 heteroatoms. The number of carbonyl (C=O) groups is 1. The maximum atomic E-state index is 12.5. The van der Waals surface area contributed by atoms with Gasteiger partial charge in [-0.15, -0.1) is 0 Å². The standard InChI is InChI=1S/C20H30ClN3O/c1-22(2)10-3-11-23-12-8-20(9-13-23)14-19(25)24(16-20)15-17-4-6-18(21)7-5-17/h4-7H,3,8-16H2,1-2H3. The Morgan fingerprint density at radius 1 is 1.16 bits per heavy atom. The second-order valence-corrected chi connectivity index (χ2v) is 8.49. The van der Waals surface area contributed by atoms with Gasteiger partial charge in [-0.3, -0.25) is 4.79 Å². The number of hydrogen-bond acceptors (Lipinski definition) is 3. The molecule has 0 aliphatic carbocycles. The lowest BCUT2D eigenvalue weighted by atomic mass is 9.77. The number of nitrogens with zero attached hydrogens (tertiary/aromatic N) is 3. The highest BCUT2D eigenvalue weighted by molar-refractivity contribution is 6.30. The molecule has 138 valence electrons. The summed E-state index contributed by atoms with van der Waals surface area (Å²) in [4.78, 5) is 19.4. The van der Waals surface area contributed by atoms with Crippen molar-refractivity contribution in [2.24, 2.45) is 5.41 Å². The zero-order valence-electron chi connectivity index (χ0n) is 15.5. The van der Waals surface area contributed by atoms with Crippen LogP contribution in [0.2, 0.25) is 5.02 Å². The third-order valence-corrected chi connectivity index (χ3v) is 5.94. The number of likely N-dealkylation sites (tertiary alicyclic amines) is 2. The van der Waals surface area contributed by atoms with Crippen LogP contribution in [0.25, 0.3) is 0 Å². The summed E-state index contributed by atoms with van der Waals surface area (Å²) in [7, 11) is 4.26. The van der Waals surface area contributed by atoms with Crippen LogP contribution in [0.4, 0.5) is 0 Å². The van der Waals surface area contributed by atoms with Gasteiger partial charge in [0.15, 0.2) is 0 Å². The van der Waals surface area contributed by atoms with Crippen molar-refractivity contribution in [1.82, 2.24) is 14.7 Å². The minimum absolute atomic E-state index is 0.210. The predicted molar refractivity (Wildman–Crippen MR) is 103 cm³/mol. The number of amides is 1. The summed E-state index contributed by atoms with van der Waals surface area (Å²) in [5.41, 5.74) is 1.37. The minimum atomic E-state index is 0.210. The van der Waals surface area contributed by atoms with Crippen LogP contribution < -0.4 is 0 Å².